The molecule has 10 heteroatoms. The number of anilines is 1. The molecule has 0 aliphatic carbocycles. The molecule has 1 aliphatic rings. The molecular formula is C22H29N9O. The summed E-state index contributed by atoms with van der Waals surface area (Å²) in [7, 11) is 3.54. The molecule has 0 amide bonds. The predicted octanol–water partition coefficient (Wildman–Crippen LogP) is 2.02. The minimum absolute atomic E-state index is 0.388. The van der Waals surface area contributed by atoms with Crippen LogP contribution in [0.4, 0.5) is 11.4 Å². The standard InChI is InChI=1S/C22H29N9O/c1-7-30(8-2)15-9-10-16(13(3)11-15)24-18-19(22(32)23-5)28-31-20(25-26-21(18)31)17-12-14(4)29(6)27-17/h9-12,22-23,32H,7-8H2,1-6H3/b24-18-. The van der Waals surface area contributed by atoms with E-state index in [1.807, 2.05) is 33.0 Å². The van der Waals surface area contributed by atoms with E-state index in [0.717, 1.165) is 35.7 Å². The Kier molecular flexibility index (Phi) is 5.90. The molecule has 1 aliphatic heterocycles. The Labute approximate surface area is 187 Å². The minimum Gasteiger partial charge on any atom is -0.373 e. The molecule has 0 fully saturated rings. The molecule has 2 aromatic heterocycles. The van der Waals surface area contributed by atoms with Crippen LogP contribution in [-0.4, -0.2) is 67.5 Å². The number of aromatic nitrogens is 5. The lowest BCUT2D eigenvalue weighted by Crippen LogP contribution is -2.37. The molecule has 0 radical (unpaired) electrons. The fourth-order valence-corrected chi connectivity index (χ4v) is 3.72. The van der Waals surface area contributed by atoms with Crippen molar-refractivity contribution in [1.82, 2.24) is 30.0 Å². The molecule has 32 heavy (non-hydrogen) atoms. The molecular weight excluding hydrogens is 406 g/mol. The van der Waals surface area contributed by atoms with Crippen molar-refractivity contribution in [3.63, 3.8) is 0 Å². The van der Waals surface area contributed by atoms with Gasteiger partial charge in [-0.15, -0.1) is 10.2 Å². The molecule has 0 saturated carbocycles. The highest BCUT2D eigenvalue weighted by Gasteiger charge is 2.33. The Morgan fingerprint density at radius 3 is 2.44 bits per heavy atom. The Morgan fingerprint density at radius 1 is 1.12 bits per heavy atom. The second kappa shape index (κ2) is 8.64. The van der Waals surface area contributed by atoms with Crippen LogP contribution in [-0.2, 0) is 7.05 Å². The lowest BCUT2D eigenvalue weighted by atomic mass is 10.1. The molecule has 1 aromatic carbocycles. The zero-order valence-electron chi connectivity index (χ0n) is 19.3. The van der Waals surface area contributed by atoms with Gasteiger partial charge in [-0.3, -0.25) is 10.00 Å². The third-order valence-electron chi connectivity index (χ3n) is 5.72. The molecule has 0 spiro atoms. The molecule has 168 valence electrons. The molecule has 0 saturated heterocycles. The van der Waals surface area contributed by atoms with Crippen LogP contribution >= 0.6 is 0 Å². The Balaban J connectivity index is 1.79. The third kappa shape index (κ3) is 3.71. The lowest BCUT2D eigenvalue weighted by Gasteiger charge is -2.21. The summed E-state index contributed by atoms with van der Waals surface area (Å²) in [6, 6.07) is 8.10. The highest BCUT2D eigenvalue weighted by Crippen LogP contribution is 2.28. The van der Waals surface area contributed by atoms with Crippen molar-refractivity contribution >= 4 is 22.8 Å². The van der Waals surface area contributed by atoms with Gasteiger partial charge < -0.3 is 10.0 Å². The van der Waals surface area contributed by atoms with E-state index in [9.17, 15) is 5.11 Å². The highest BCUT2D eigenvalue weighted by atomic mass is 16.3. The fourth-order valence-electron chi connectivity index (χ4n) is 3.72. The summed E-state index contributed by atoms with van der Waals surface area (Å²) < 4.78 is 3.37. The first kappa shape index (κ1) is 21.8. The molecule has 10 nitrogen and oxygen atoms in total. The quantitative estimate of drug-likeness (QED) is 0.550. The van der Waals surface area contributed by atoms with E-state index in [2.05, 4.69) is 56.6 Å². The largest absolute Gasteiger partial charge is 0.373 e. The van der Waals surface area contributed by atoms with Crippen molar-refractivity contribution in [2.45, 2.75) is 33.9 Å². The Morgan fingerprint density at radius 2 is 1.84 bits per heavy atom. The highest BCUT2D eigenvalue weighted by molar-refractivity contribution is 6.50. The van der Waals surface area contributed by atoms with E-state index in [1.54, 1.807) is 16.4 Å². The van der Waals surface area contributed by atoms with E-state index in [4.69, 9.17) is 4.99 Å². The van der Waals surface area contributed by atoms with Gasteiger partial charge in [-0.05, 0) is 64.6 Å². The maximum Gasteiger partial charge on any atom is 0.205 e. The van der Waals surface area contributed by atoms with E-state index in [0.29, 0.717) is 28.8 Å². The van der Waals surface area contributed by atoms with Gasteiger partial charge in [0.1, 0.15) is 17.1 Å². The van der Waals surface area contributed by atoms with Gasteiger partial charge in [0.25, 0.3) is 0 Å². The molecule has 3 aromatic rings. The number of rotatable bonds is 7. The summed E-state index contributed by atoms with van der Waals surface area (Å²) in [6.07, 6.45) is -0.996. The van der Waals surface area contributed by atoms with Crippen molar-refractivity contribution in [2.24, 2.45) is 17.1 Å². The number of hydrogen-bond donors (Lipinski definition) is 2. The summed E-state index contributed by atoms with van der Waals surface area (Å²) >= 11 is 0. The van der Waals surface area contributed by atoms with Crippen molar-refractivity contribution in [2.75, 3.05) is 25.0 Å². The fraction of sp³-hybridized carbons (Fsp3) is 0.409. The average molecular weight is 436 g/mol. The van der Waals surface area contributed by atoms with Crippen molar-refractivity contribution < 1.29 is 5.11 Å². The molecule has 4 rings (SSSR count). The smallest absolute Gasteiger partial charge is 0.205 e. The average Bonchev–Trinajstić information content (AvgIpc) is 3.44. The molecule has 1 unspecified atom stereocenters. The van der Waals surface area contributed by atoms with Gasteiger partial charge in [0.2, 0.25) is 11.6 Å². The first-order valence-electron chi connectivity index (χ1n) is 10.7. The number of aliphatic hydroxyl groups is 1. The number of fused-ring (bicyclic) bond motifs is 1. The normalized spacial score (nSPS) is 15.2. The zero-order chi connectivity index (χ0) is 23.0. The summed E-state index contributed by atoms with van der Waals surface area (Å²) in [5.41, 5.74) is 5.50. The zero-order valence-corrected chi connectivity index (χ0v) is 19.3. The molecule has 0 bridgehead atoms. The summed E-state index contributed by atoms with van der Waals surface area (Å²) in [5, 5.41) is 31.1. The van der Waals surface area contributed by atoms with Crippen LogP contribution in [0, 0.1) is 13.8 Å². The van der Waals surface area contributed by atoms with Gasteiger partial charge >= 0.3 is 0 Å². The van der Waals surface area contributed by atoms with Gasteiger partial charge in [0.15, 0.2) is 6.23 Å². The summed E-state index contributed by atoms with van der Waals surface area (Å²) in [6.45, 7) is 10.2. The van der Waals surface area contributed by atoms with Gasteiger partial charge in [0.05, 0.1) is 5.69 Å². The van der Waals surface area contributed by atoms with Crippen LogP contribution < -0.4 is 10.2 Å². The van der Waals surface area contributed by atoms with E-state index >= 15 is 0 Å². The van der Waals surface area contributed by atoms with Crippen LogP contribution in [0.15, 0.2) is 34.4 Å². The minimum atomic E-state index is -0.996. The Bertz CT molecular complexity index is 1180. The predicted molar refractivity (Wildman–Crippen MR) is 126 cm³/mol. The van der Waals surface area contributed by atoms with Gasteiger partial charge in [-0.25, -0.2) is 4.99 Å². The molecule has 3 heterocycles. The van der Waals surface area contributed by atoms with E-state index < -0.39 is 6.23 Å². The van der Waals surface area contributed by atoms with E-state index in [1.165, 1.54) is 0 Å². The number of nitrogens with zero attached hydrogens (tertiary/aromatic N) is 8. The van der Waals surface area contributed by atoms with Crippen molar-refractivity contribution in [3.05, 3.63) is 41.3 Å². The number of aliphatic imine (C=N–C) groups is 1. The number of hydrogen-bond acceptors (Lipinski definition) is 8. The number of aliphatic hydroxyl groups excluding tert-OH is 1. The lowest BCUT2D eigenvalue weighted by molar-refractivity contribution is 0.216. The van der Waals surface area contributed by atoms with Crippen LogP contribution in [0.2, 0.25) is 0 Å². The molecule has 1 atom stereocenters. The maximum absolute atomic E-state index is 10.5. The first-order valence-corrected chi connectivity index (χ1v) is 10.7. The number of benzene rings is 1. The van der Waals surface area contributed by atoms with Gasteiger partial charge in [0, 0.05) is 31.5 Å². The van der Waals surface area contributed by atoms with Gasteiger partial charge in [-0.1, -0.05) is 0 Å². The van der Waals surface area contributed by atoms with Crippen LogP contribution in [0.5, 0.6) is 0 Å². The van der Waals surface area contributed by atoms with Crippen LogP contribution in [0.1, 0.15) is 30.9 Å². The van der Waals surface area contributed by atoms with Crippen LogP contribution in [0.25, 0.3) is 11.5 Å². The van der Waals surface area contributed by atoms with Crippen molar-refractivity contribution in [3.8, 4) is 11.5 Å². The first-order chi connectivity index (χ1) is 15.4. The van der Waals surface area contributed by atoms with Crippen LogP contribution in [0.3, 0.4) is 0 Å². The maximum atomic E-state index is 10.5. The monoisotopic (exact) mass is 435 g/mol. The van der Waals surface area contributed by atoms with Crippen molar-refractivity contribution in [1.29, 1.82) is 0 Å². The third-order valence-corrected chi connectivity index (χ3v) is 5.72. The second-order valence-corrected chi connectivity index (χ2v) is 7.73. The summed E-state index contributed by atoms with van der Waals surface area (Å²) in [5.74, 6) is 0.975. The SMILES string of the molecule is CCN(CC)c1ccc(/N=C2/C(C(O)NC)=Nn3c2nnc3-c2cc(C)n(C)n2)c(C)c1. The summed E-state index contributed by atoms with van der Waals surface area (Å²) in [4.78, 5) is 7.14. The Hall–Kier alpha value is -3.37. The molecule has 2 N–H and O–H groups in total. The number of nitrogens with one attached hydrogen (secondary N) is 1. The number of aryl methyl sites for hydroxylation is 3. The van der Waals surface area contributed by atoms with Gasteiger partial charge in [-0.2, -0.15) is 14.9 Å². The van der Waals surface area contributed by atoms with E-state index in [-0.39, 0.29) is 0 Å². The second-order valence-electron chi connectivity index (χ2n) is 7.73. The topological polar surface area (TPSA) is 109 Å².